The van der Waals surface area contributed by atoms with Crippen LogP contribution in [0.4, 0.5) is 4.70 Å². The van der Waals surface area contributed by atoms with E-state index < -0.39 is 0 Å². The van der Waals surface area contributed by atoms with Crippen molar-refractivity contribution in [3.8, 4) is 11.1 Å². The lowest BCUT2D eigenvalue weighted by atomic mass is 10.1. The van der Waals surface area contributed by atoms with Crippen LogP contribution < -0.4 is 0 Å². The lowest BCUT2D eigenvalue weighted by Gasteiger charge is -1.98. The molecule has 0 unspecified atom stereocenters. The van der Waals surface area contributed by atoms with Gasteiger partial charge in [0.15, 0.2) is 0 Å². The summed E-state index contributed by atoms with van der Waals surface area (Å²) in [6.07, 6.45) is 0. The van der Waals surface area contributed by atoms with Gasteiger partial charge in [0.05, 0.1) is 0 Å². The molecule has 13 heavy (non-hydrogen) atoms. The SMILES string of the molecule is F.c1ccc(-c2ccccc2)cc1. The third-order valence-corrected chi connectivity index (χ3v) is 1.88. The summed E-state index contributed by atoms with van der Waals surface area (Å²) in [5.41, 5.74) is 2.55. The van der Waals surface area contributed by atoms with E-state index >= 15 is 0 Å². The van der Waals surface area contributed by atoms with Gasteiger partial charge in [0.2, 0.25) is 0 Å². The molecule has 0 aliphatic carbocycles. The van der Waals surface area contributed by atoms with Crippen molar-refractivity contribution in [2.75, 3.05) is 0 Å². The summed E-state index contributed by atoms with van der Waals surface area (Å²) in [7, 11) is 0. The molecule has 0 N–H and O–H groups in total. The summed E-state index contributed by atoms with van der Waals surface area (Å²) >= 11 is 0. The monoisotopic (exact) mass is 174 g/mol. The van der Waals surface area contributed by atoms with Crippen LogP contribution >= 0.6 is 0 Å². The first-order valence-electron chi connectivity index (χ1n) is 4.07. The van der Waals surface area contributed by atoms with E-state index in [4.69, 9.17) is 0 Å². The van der Waals surface area contributed by atoms with Gasteiger partial charge in [0, 0.05) is 0 Å². The Labute approximate surface area is 77.2 Å². The number of rotatable bonds is 1. The predicted molar refractivity (Wildman–Crippen MR) is 54.4 cm³/mol. The minimum atomic E-state index is 0. The zero-order valence-corrected chi connectivity index (χ0v) is 7.18. The van der Waals surface area contributed by atoms with E-state index in [1.165, 1.54) is 11.1 Å². The maximum Gasteiger partial charge on any atom is -0.0184 e. The molecule has 0 spiro atoms. The van der Waals surface area contributed by atoms with Crippen LogP contribution in [0.15, 0.2) is 60.7 Å². The van der Waals surface area contributed by atoms with Gasteiger partial charge in [-0.2, -0.15) is 0 Å². The Bertz CT molecular complexity index is 303. The topological polar surface area (TPSA) is 0 Å². The van der Waals surface area contributed by atoms with Gasteiger partial charge in [0.25, 0.3) is 0 Å². The van der Waals surface area contributed by atoms with Crippen molar-refractivity contribution < 1.29 is 4.70 Å². The van der Waals surface area contributed by atoms with Crippen molar-refractivity contribution in [2.24, 2.45) is 0 Å². The molecule has 1 heteroatoms. The maximum absolute atomic E-state index is 2.12. The standard InChI is InChI=1S/C12H10.FH/c1-3-7-11(8-4-1)12-9-5-2-6-10-12;/h1-10H;1H. The van der Waals surface area contributed by atoms with Crippen LogP contribution in [0.2, 0.25) is 0 Å². The molecule has 0 aliphatic rings. The van der Waals surface area contributed by atoms with Crippen molar-refractivity contribution in [2.45, 2.75) is 0 Å². The molecule has 0 fully saturated rings. The number of benzene rings is 2. The molecular formula is C12H11F. The normalized spacial score (nSPS) is 8.92. The molecule has 0 aromatic heterocycles. The molecule has 0 amide bonds. The Balaban J connectivity index is 0.000000845. The lowest BCUT2D eigenvalue weighted by molar-refractivity contribution is 1.11. The first-order chi connectivity index (χ1) is 5.97. The molecule has 0 atom stereocenters. The fourth-order valence-electron chi connectivity index (χ4n) is 1.26. The van der Waals surface area contributed by atoms with Crippen LogP contribution in [0.5, 0.6) is 0 Å². The number of hydrogen-bond acceptors (Lipinski definition) is 0. The smallest absolute Gasteiger partial charge is 0.0184 e. The molecule has 2 rings (SSSR count). The third kappa shape index (κ3) is 2.15. The highest BCUT2D eigenvalue weighted by Gasteiger charge is 1.91. The molecule has 0 nitrogen and oxygen atoms in total. The Kier molecular flexibility index (Phi) is 3.21. The predicted octanol–water partition coefficient (Wildman–Crippen LogP) is 3.51. The summed E-state index contributed by atoms with van der Waals surface area (Å²) < 4.78 is 0. The summed E-state index contributed by atoms with van der Waals surface area (Å²) in [5, 5.41) is 0. The van der Waals surface area contributed by atoms with E-state index in [0.29, 0.717) is 0 Å². The van der Waals surface area contributed by atoms with Gasteiger partial charge in [-0.15, -0.1) is 0 Å². The fourth-order valence-corrected chi connectivity index (χ4v) is 1.26. The number of halogens is 1. The summed E-state index contributed by atoms with van der Waals surface area (Å²) in [6, 6.07) is 20.8. The van der Waals surface area contributed by atoms with Crippen molar-refractivity contribution in [1.29, 1.82) is 0 Å². The van der Waals surface area contributed by atoms with Gasteiger partial charge in [-0.25, -0.2) is 0 Å². The number of hydrogen-bond donors (Lipinski definition) is 0. The van der Waals surface area contributed by atoms with Crippen molar-refractivity contribution in [3.63, 3.8) is 0 Å². The Morgan fingerprint density at radius 2 is 0.769 bits per heavy atom. The molecule has 0 saturated heterocycles. The van der Waals surface area contributed by atoms with E-state index in [1.54, 1.807) is 0 Å². The van der Waals surface area contributed by atoms with Crippen LogP contribution in [0.1, 0.15) is 0 Å². The zero-order valence-electron chi connectivity index (χ0n) is 7.18. The van der Waals surface area contributed by atoms with E-state index in [0.717, 1.165) is 0 Å². The Hall–Kier alpha value is -1.63. The molecule has 0 bridgehead atoms. The fraction of sp³-hybridized carbons (Fsp3) is 0. The van der Waals surface area contributed by atoms with Crippen LogP contribution in [0, 0.1) is 0 Å². The van der Waals surface area contributed by atoms with Crippen LogP contribution in [0.3, 0.4) is 0 Å². The molecule has 2 aromatic rings. The van der Waals surface area contributed by atoms with Crippen LogP contribution in [-0.4, -0.2) is 0 Å². The van der Waals surface area contributed by atoms with E-state index in [-0.39, 0.29) is 4.70 Å². The minimum absolute atomic E-state index is 0. The molecular weight excluding hydrogens is 163 g/mol. The molecule has 0 heterocycles. The maximum atomic E-state index is 2.12. The molecule has 66 valence electrons. The highest BCUT2D eigenvalue weighted by Crippen LogP contribution is 2.17. The summed E-state index contributed by atoms with van der Waals surface area (Å²) in [6.45, 7) is 0. The third-order valence-electron chi connectivity index (χ3n) is 1.88. The average molecular weight is 174 g/mol. The van der Waals surface area contributed by atoms with E-state index in [9.17, 15) is 0 Å². The summed E-state index contributed by atoms with van der Waals surface area (Å²) in [5.74, 6) is 0. The van der Waals surface area contributed by atoms with Gasteiger partial charge in [-0.05, 0) is 11.1 Å². The van der Waals surface area contributed by atoms with E-state index in [1.807, 2.05) is 12.1 Å². The van der Waals surface area contributed by atoms with Gasteiger partial charge < -0.3 is 0 Å². The molecule has 2 aromatic carbocycles. The Morgan fingerprint density at radius 1 is 0.462 bits per heavy atom. The quantitative estimate of drug-likeness (QED) is 0.620. The second-order valence-electron chi connectivity index (χ2n) is 2.73. The van der Waals surface area contributed by atoms with Crippen LogP contribution in [0.25, 0.3) is 11.1 Å². The second-order valence-corrected chi connectivity index (χ2v) is 2.73. The van der Waals surface area contributed by atoms with Gasteiger partial charge >= 0.3 is 0 Å². The van der Waals surface area contributed by atoms with E-state index in [2.05, 4.69) is 48.5 Å². The zero-order chi connectivity index (χ0) is 8.23. The molecule has 0 saturated carbocycles. The lowest BCUT2D eigenvalue weighted by Crippen LogP contribution is -1.73. The second kappa shape index (κ2) is 4.41. The largest absolute Gasteiger partial charge is 0.269 e. The molecule has 0 radical (unpaired) electrons. The van der Waals surface area contributed by atoms with Gasteiger partial charge in [-0.3, -0.25) is 4.70 Å². The summed E-state index contributed by atoms with van der Waals surface area (Å²) in [4.78, 5) is 0. The first kappa shape index (κ1) is 9.46. The molecule has 0 aliphatic heterocycles. The Morgan fingerprint density at radius 3 is 1.08 bits per heavy atom. The van der Waals surface area contributed by atoms with Gasteiger partial charge in [0.1, 0.15) is 0 Å². The van der Waals surface area contributed by atoms with Crippen LogP contribution in [-0.2, 0) is 0 Å². The highest BCUT2D eigenvalue weighted by molar-refractivity contribution is 5.62. The average Bonchev–Trinajstić information content (AvgIpc) is 2.21. The van der Waals surface area contributed by atoms with Crippen molar-refractivity contribution in [3.05, 3.63) is 60.7 Å². The van der Waals surface area contributed by atoms with Gasteiger partial charge in [-0.1, -0.05) is 60.7 Å². The first-order valence-corrected chi connectivity index (χ1v) is 4.07. The highest BCUT2D eigenvalue weighted by atomic mass is 19.0. The van der Waals surface area contributed by atoms with Crippen molar-refractivity contribution >= 4 is 0 Å². The van der Waals surface area contributed by atoms with Crippen molar-refractivity contribution in [1.82, 2.24) is 0 Å². The minimum Gasteiger partial charge on any atom is -0.269 e.